The summed E-state index contributed by atoms with van der Waals surface area (Å²) in [6, 6.07) is 16.2. The summed E-state index contributed by atoms with van der Waals surface area (Å²) in [6.07, 6.45) is 6.05. The van der Waals surface area contributed by atoms with Gasteiger partial charge in [-0.05, 0) is 88.4 Å². The smallest absolute Gasteiger partial charge is 0.125 e. The van der Waals surface area contributed by atoms with Gasteiger partial charge in [-0.2, -0.15) is 0 Å². The van der Waals surface area contributed by atoms with Gasteiger partial charge in [0.15, 0.2) is 0 Å². The molecular formula is C26H38N2O3. The minimum Gasteiger partial charge on any atom is -0.497 e. The third-order valence-electron chi connectivity index (χ3n) is 5.76. The van der Waals surface area contributed by atoms with E-state index in [0.29, 0.717) is 0 Å². The van der Waals surface area contributed by atoms with Crippen molar-refractivity contribution < 1.29 is 14.2 Å². The maximum Gasteiger partial charge on any atom is 0.125 e. The first-order valence-electron chi connectivity index (χ1n) is 11.5. The summed E-state index contributed by atoms with van der Waals surface area (Å²) in [5, 5.41) is 0. The Bertz CT molecular complexity index is 740. The van der Waals surface area contributed by atoms with E-state index in [-0.39, 0.29) is 6.10 Å². The molecule has 1 saturated heterocycles. The molecule has 0 bridgehead atoms. The largest absolute Gasteiger partial charge is 0.497 e. The molecule has 1 aliphatic rings. The Labute approximate surface area is 187 Å². The maximum atomic E-state index is 6.33. The minimum absolute atomic E-state index is 0.0102. The SMILES string of the molecule is COc1ccc(OC(CCN(C)C)c2ccc(OCCCN3CCCCC3)cc2)cc1. The van der Waals surface area contributed by atoms with Crippen molar-refractivity contribution in [1.29, 1.82) is 0 Å². The molecule has 170 valence electrons. The van der Waals surface area contributed by atoms with Crippen molar-refractivity contribution in [1.82, 2.24) is 9.80 Å². The van der Waals surface area contributed by atoms with E-state index in [9.17, 15) is 0 Å². The van der Waals surface area contributed by atoms with Crippen molar-refractivity contribution >= 4 is 0 Å². The standard InChI is InChI=1S/C26H38N2O3/c1-27(2)20-16-26(31-25-14-12-23(29-3)13-15-25)22-8-10-24(11-9-22)30-21-7-19-28-17-5-4-6-18-28/h8-15,26H,4-7,16-21H2,1-3H3. The average Bonchev–Trinajstić information content (AvgIpc) is 2.81. The van der Waals surface area contributed by atoms with Crippen molar-refractivity contribution in [2.24, 2.45) is 0 Å². The van der Waals surface area contributed by atoms with Crippen LogP contribution in [0.5, 0.6) is 17.2 Å². The van der Waals surface area contributed by atoms with Gasteiger partial charge in [-0.1, -0.05) is 18.6 Å². The van der Waals surface area contributed by atoms with E-state index in [1.54, 1.807) is 7.11 Å². The van der Waals surface area contributed by atoms with Crippen LogP contribution in [0.1, 0.15) is 43.8 Å². The quantitative estimate of drug-likeness (QED) is 0.445. The first kappa shape index (κ1) is 23.4. The molecule has 31 heavy (non-hydrogen) atoms. The number of benzene rings is 2. The molecule has 1 fully saturated rings. The van der Waals surface area contributed by atoms with Gasteiger partial charge >= 0.3 is 0 Å². The molecule has 0 saturated carbocycles. The molecule has 3 rings (SSSR count). The first-order chi connectivity index (χ1) is 15.1. The van der Waals surface area contributed by atoms with Crippen molar-refractivity contribution in [3.63, 3.8) is 0 Å². The van der Waals surface area contributed by atoms with Gasteiger partial charge in [-0.3, -0.25) is 0 Å². The molecule has 1 atom stereocenters. The Balaban J connectivity index is 1.53. The van der Waals surface area contributed by atoms with Crippen LogP contribution in [0, 0.1) is 0 Å². The summed E-state index contributed by atoms with van der Waals surface area (Å²) in [6.45, 7) is 5.35. The summed E-state index contributed by atoms with van der Waals surface area (Å²) in [4.78, 5) is 4.74. The summed E-state index contributed by atoms with van der Waals surface area (Å²) in [5.74, 6) is 2.61. The van der Waals surface area contributed by atoms with E-state index in [4.69, 9.17) is 14.2 Å². The predicted octanol–water partition coefficient (Wildman–Crippen LogP) is 5.02. The van der Waals surface area contributed by atoms with Gasteiger partial charge in [0.05, 0.1) is 13.7 Å². The zero-order valence-electron chi connectivity index (χ0n) is 19.4. The van der Waals surface area contributed by atoms with E-state index >= 15 is 0 Å². The van der Waals surface area contributed by atoms with Crippen molar-refractivity contribution in [2.45, 2.75) is 38.2 Å². The van der Waals surface area contributed by atoms with Crippen LogP contribution in [-0.2, 0) is 0 Å². The van der Waals surface area contributed by atoms with Crippen LogP contribution >= 0.6 is 0 Å². The molecule has 1 unspecified atom stereocenters. The summed E-state index contributed by atoms with van der Waals surface area (Å²) in [5.41, 5.74) is 1.17. The van der Waals surface area contributed by atoms with Crippen LogP contribution in [0.4, 0.5) is 0 Å². The van der Waals surface area contributed by atoms with Gasteiger partial charge in [0.1, 0.15) is 23.4 Å². The molecule has 0 aliphatic carbocycles. The van der Waals surface area contributed by atoms with E-state index in [2.05, 4.69) is 48.2 Å². The van der Waals surface area contributed by atoms with Gasteiger partial charge in [-0.25, -0.2) is 0 Å². The fraction of sp³-hybridized carbons (Fsp3) is 0.538. The Kier molecular flexibility index (Phi) is 9.50. The van der Waals surface area contributed by atoms with E-state index in [0.717, 1.165) is 49.8 Å². The summed E-state index contributed by atoms with van der Waals surface area (Å²) < 4.78 is 17.6. The lowest BCUT2D eigenvalue weighted by Gasteiger charge is -2.26. The number of piperidine rings is 1. The van der Waals surface area contributed by atoms with E-state index < -0.39 is 0 Å². The molecular weight excluding hydrogens is 388 g/mol. The van der Waals surface area contributed by atoms with Gasteiger partial charge in [0.2, 0.25) is 0 Å². The number of likely N-dealkylation sites (tertiary alicyclic amines) is 1. The molecule has 5 heteroatoms. The molecule has 1 aliphatic heterocycles. The lowest BCUT2D eigenvalue weighted by atomic mass is 10.1. The van der Waals surface area contributed by atoms with Crippen molar-refractivity contribution in [2.75, 3.05) is 54.0 Å². The lowest BCUT2D eigenvalue weighted by molar-refractivity contribution is 0.179. The highest BCUT2D eigenvalue weighted by molar-refractivity contribution is 5.33. The maximum absolute atomic E-state index is 6.33. The predicted molar refractivity (Wildman–Crippen MR) is 126 cm³/mol. The number of rotatable bonds is 12. The minimum atomic E-state index is -0.0102. The fourth-order valence-corrected chi connectivity index (χ4v) is 3.93. The lowest BCUT2D eigenvalue weighted by Crippen LogP contribution is -2.31. The normalized spacial score (nSPS) is 15.6. The monoisotopic (exact) mass is 426 g/mol. The van der Waals surface area contributed by atoms with Crippen LogP contribution in [0.25, 0.3) is 0 Å². The third-order valence-corrected chi connectivity index (χ3v) is 5.76. The third kappa shape index (κ3) is 8.08. The number of hydrogen-bond acceptors (Lipinski definition) is 5. The zero-order chi connectivity index (χ0) is 21.9. The Hall–Kier alpha value is -2.24. The van der Waals surface area contributed by atoms with Crippen LogP contribution in [0.3, 0.4) is 0 Å². The van der Waals surface area contributed by atoms with Gasteiger partial charge in [-0.15, -0.1) is 0 Å². The molecule has 5 nitrogen and oxygen atoms in total. The number of hydrogen-bond donors (Lipinski definition) is 0. The molecule has 0 N–H and O–H groups in total. The van der Waals surface area contributed by atoms with E-state index in [1.165, 1.54) is 37.9 Å². The second kappa shape index (κ2) is 12.6. The summed E-state index contributed by atoms with van der Waals surface area (Å²) >= 11 is 0. The Morgan fingerprint density at radius 2 is 1.52 bits per heavy atom. The summed E-state index contributed by atoms with van der Waals surface area (Å²) in [7, 11) is 5.85. The molecule has 0 spiro atoms. The topological polar surface area (TPSA) is 34.2 Å². The molecule has 0 amide bonds. The number of nitrogens with zero attached hydrogens (tertiary/aromatic N) is 2. The van der Waals surface area contributed by atoms with E-state index in [1.807, 2.05) is 24.3 Å². The zero-order valence-corrected chi connectivity index (χ0v) is 19.4. The molecule has 1 heterocycles. The molecule has 0 radical (unpaired) electrons. The van der Waals surface area contributed by atoms with Gasteiger partial charge in [0.25, 0.3) is 0 Å². The molecule has 2 aromatic rings. The van der Waals surface area contributed by atoms with Crippen LogP contribution in [0.2, 0.25) is 0 Å². The highest BCUT2D eigenvalue weighted by Gasteiger charge is 2.15. The second-order valence-corrected chi connectivity index (χ2v) is 8.55. The molecule has 2 aromatic carbocycles. The molecule has 0 aromatic heterocycles. The van der Waals surface area contributed by atoms with Crippen molar-refractivity contribution in [3.8, 4) is 17.2 Å². The van der Waals surface area contributed by atoms with Gasteiger partial charge in [0, 0.05) is 19.5 Å². The highest BCUT2D eigenvalue weighted by atomic mass is 16.5. The highest BCUT2D eigenvalue weighted by Crippen LogP contribution is 2.28. The van der Waals surface area contributed by atoms with Crippen LogP contribution in [0.15, 0.2) is 48.5 Å². The number of methoxy groups -OCH3 is 1. The average molecular weight is 427 g/mol. The van der Waals surface area contributed by atoms with Crippen LogP contribution < -0.4 is 14.2 Å². The Morgan fingerprint density at radius 3 is 2.16 bits per heavy atom. The van der Waals surface area contributed by atoms with Gasteiger partial charge < -0.3 is 24.0 Å². The fourth-order valence-electron chi connectivity index (χ4n) is 3.93. The van der Waals surface area contributed by atoms with Crippen molar-refractivity contribution in [3.05, 3.63) is 54.1 Å². The number of ether oxygens (including phenoxy) is 3. The first-order valence-corrected chi connectivity index (χ1v) is 11.5. The van der Waals surface area contributed by atoms with Crippen LogP contribution in [-0.4, -0.2) is 63.8 Å². The Morgan fingerprint density at radius 1 is 0.871 bits per heavy atom. The second-order valence-electron chi connectivity index (χ2n) is 8.55.